The molecular formula is C31H61N3O8. The van der Waals surface area contributed by atoms with Gasteiger partial charge in [0, 0.05) is 19.9 Å². The molecule has 0 radical (unpaired) electrons. The van der Waals surface area contributed by atoms with Crippen molar-refractivity contribution in [2.24, 2.45) is 0 Å². The van der Waals surface area contributed by atoms with Crippen LogP contribution >= 0.6 is 0 Å². The number of hydrogen-bond donors (Lipinski definition) is 6. The summed E-state index contributed by atoms with van der Waals surface area (Å²) in [6.07, 6.45) is 11.8. The molecule has 0 fully saturated rings. The maximum absolute atomic E-state index is 11.0. The van der Waals surface area contributed by atoms with Gasteiger partial charge in [-0.05, 0) is 33.6 Å². The number of urea groups is 1. The Kier molecular flexibility index (Phi) is 64.6. The van der Waals surface area contributed by atoms with Crippen molar-refractivity contribution in [2.75, 3.05) is 13.1 Å². The summed E-state index contributed by atoms with van der Waals surface area (Å²) in [5.74, 6) is -3.79. The van der Waals surface area contributed by atoms with Gasteiger partial charge in [0.05, 0.1) is 0 Å². The number of carboxylic acids is 3. The van der Waals surface area contributed by atoms with Crippen molar-refractivity contribution < 1.29 is 39.3 Å². The maximum Gasteiger partial charge on any atom is 0.326 e. The van der Waals surface area contributed by atoms with E-state index in [0.717, 1.165) is 19.4 Å². The van der Waals surface area contributed by atoms with Crippen molar-refractivity contribution in [2.45, 2.75) is 108 Å². The molecule has 0 saturated carbocycles. The van der Waals surface area contributed by atoms with Crippen LogP contribution in [-0.4, -0.2) is 64.3 Å². The molecule has 0 aromatic heterocycles. The van der Waals surface area contributed by atoms with Crippen molar-refractivity contribution in [1.29, 1.82) is 0 Å². The number of carboxylic acid groups (broad SMARTS) is 3. The number of unbranched alkanes of at least 4 members (excludes halogenated alkanes) is 1. The monoisotopic (exact) mass is 603 g/mol. The van der Waals surface area contributed by atoms with Crippen LogP contribution in [-0.2, 0) is 19.2 Å². The fraction of sp³-hybridized carbons (Fsp3) is 0.581. The number of nitrogens with one attached hydrogen (secondary N) is 3. The van der Waals surface area contributed by atoms with Crippen molar-refractivity contribution in [3.63, 3.8) is 0 Å². The van der Waals surface area contributed by atoms with Gasteiger partial charge in [0.25, 0.3) is 0 Å². The van der Waals surface area contributed by atoms with E-state index in [2.05, 4.69) is 44.5 Å². The molecule has 6 N–H and O–H groups in total. The number of hydrogen-bond acceptors (Lipinski definition) is 5. The molecule has 3 amide bonds. The Morgan fingerprint density at radius 3 is 1.64 bits per heavy atom. The standard InChI is InChI=1S/C9H14.C8H12N2O7.C6H13NO.3C2H6.C2H4/c1-4-6-8-9(3)7-5-2;11-5(12)2-1-4(7(15)16)10-8(17)9-3-6(13)14;1-3-4-5-7-6(2)8;4*1-2/h4-8H,1-3H3;4H,1-3H2,(H,11,12)(H,13,14)(H,15,16)(H2,9,10,17);3-5H2,1-2H3,(H,7,8);3*1-2H3;1-2H2/b6-4-,7-5-,9-8-;;;;;;. The van der Waals surface area contributed by atoms with Crippen LogP contribution in [0.2, 0.25) is 0 Å². The van der Waals surface area contributed by atoms with E-state index in [1.54, 1.807) is 0 Å². The molecule has 1 atom stereocenters. The lowest BCUT2D eigenvalue weighted by Gasteiger charge is -2.13. The topological polar surface area (TPSA) is 182 Å². The first-order valence-corrected chi connectivity index (χ1v) is 14.3. The lowest BCUT2D eigenvalue weighted by molar-refractivity contribution is -0.140. The molecule has 248 valence electrons. The molecule has 0 saturated heterocycles. The minimum absolute atomic E-state index is 0.0680. The molecular weight excluding hydrogens is 542 g/mol. The van der Waals surface area contributed by atoms with Crippen molar-refractivity contribution in [1.82, 2.24) is 16.0 Å². The first kappa shape index (κ1) is 54.2. The fourth-order valence-electron chi connectivity index (χ4n) is 1.90. The van der Waals surface area contributed by atoms with E-state index in [9.17, 15) is 24.0 Å². The molecule has 0 rings (SSSR count). The molecule has 11 nitrogen and oxygen atoms in total. The van der Waals surface area contributed by atoms with Crippen LogP contribution < -0.4 is 16.0 Å². The van der Waals surface area contributed by atoms with Gasteiger partial charge in [-0.1, -0.05) is 90.8 Å². The van der Waals surface area contributed by atoms with E-state index in [0.29, 0.717) is 0 Å². The summed E-state index contributed by atoms with van der Waals surface area (Å²) < 4.78 is 0. The summed E-state index contributed by atoms with van der Waals surface area (Å²) in [6.45, 7) is 27.9. The van der Waals surface area contributed by atoms with Gasteiger partial charge >= 0.3 is 23.9 Å². The lowest BCUT2D eigenvalue weighted by Crippen LogP contribution is -2.47. The average molecular weight is 604 g/mol. The Morgan fingerprint density at radius 2 is 1.31 bits per heavy atom. The number of carbonyl (C=O) groups is 5. The average Bonchev–Trinajstić information content (AvgIpc) is 2.98. The fourth-order valence-corrected chi connectivity index (χ4v) is 1.90. The number of amides is 3. The smallest absolute Gasteiger partial charge is 0.326 e. The number of allylic oxidation sites excluding steroid dienone is 6. The molecule has 0 aliphatic rings. The maximum atomic E-state index is 11.0. The van der Waals surface area contributed by atoms with Crippen LogP contribution in [0.4, 0.5) is 4.79 Å². The largest absolute Gasteiger partial charge is 0.481 e. The molecule has 0 aliphatic heterocycles. The number of aliphatic carboxylic acids is 3. The van der Waals surface area contributed by atoms with Gasteiger partial charge in [-0.3, -0.25) is 14.4 Å². The third-order valence-corrected chi connectivity index (χ3v) is 3.54. The van der Waals surface area contributed by atoms with Crippen LogP contribution in [0.3, 0.4) is 0 Å². The van der Waals surface area contributed by atoms with Crippen LogP contribution in [0.15, 0.2) is 49.1 Å². The minimum atomic E-state index is -1.39. The highest BCUT2D eigenvalue weighted by Crippen LogP contribution is 1.98. The first-order chi connectivity index (χ1) is 19.9. The number of carbonyl (C=O) groups excluding carboxylic acids is 2. The Bertz CT molecular complexity index is 734. The zero-order valence-corrected chi connectivity index (χ0v) is 28.0. The molecule has 11 heteroatoms. The Labute approximate surface area is 255 Å². The third kappa shape index (κ3) is 65.3. The van der Waals surface area contributed by atoms with Gasteiger partial charge in [0.15, 0.2) is 0 Å². The SMILES string of the molecule is C=C.CC.CC.CC.CCCCNC(C)=O.C\C=C/C=C(C)\C=C/C.O=C(O)CCC(NC(=O)NCC(=O)O)C(=O)O. The van der Waals surface area contributed by atoms with E-state index in [1.165, 1.54) is 12.5 Å². The van der Waals surface area contributed by atoms with Gasteiger partial charge in [-0.2, -0.15) is 0 Å². The van der Waals surface area contributed by atoms with E-state index in [4.69, 9.17) is 15.3 Å². The summed E-state index contributed by atoms with van der Waals surface area (Å²) in [4.78, 5) is 52.2. The van der Waals surface area contributed by atoms with E-state index >= 15 is 0 Å². The van der Waals surface area contributed by atoms with Gasteiger partial charge in [-0.15, -0.1) is 13.2 Å². The van der Waals surface area contributed by atoms with Crippen LogP contribution in [0.25, 0.3) is 0 Å². The highest BCUT2D eigenvalue weighted by Gasteiger charge is 2.20. The van der Waals surface area contributed by atoms with Crippen molar-refractivity contribution >= 4 is 29.8 Å². The summed E-state index contributed by atoms with van der Waals surface area (Å²) >= 11 is 0. The molecule has 0 spiro atoms. The quantitative estimate of drug-likeness (QED) is 0.0821. The predicted molar refractivity (Wildman–Crippen MR) is 175 cm³/mol. The van der Waals surface area contributed by atoms with Crippen LogP contribution in [0.1, 0.15) is 102 Å². The highest BCUT2D eigenvalue weighted by atomic mass is 16.4. The van der Waals surface area contributed by atoms with E-state index in [-0.39, 0.29) is 12.3 Å². The summed E-state index contributed by atoms with van der Waals surface area (Å²) in [5, 5.41) is 31.8. The second-order valence-corrected chi connectivity index (χ2v) is 6.82. The molecule has 0 aromatic carbocycles. The van der Waals surface area contributed by atoms with E-state index in [1.807, 2.05) is 84.3 Å². The molecule has 0 aliphatic carbocycles. The van der Waals surface area contributed by atoms with Crippen LogP contribution in [0.5, 0.6) is 0 Å². The van der Waals surface area contributed by atoms with Crippen molar-refractivity contribution in [3.8, 4) is 0 Å². The summed E-state index contributed by atoms with van der Waals surface area (Å²) in [6, 6.07) is -2.36. The van der Waals surface area contributed by atoms with Crippen molar-refractivity contribution in [3.05, 3.63) is 49.1 Å². The number of rotatable bonds is 12. The second-order valence-electron chi connectivity index (χ2n) is 6.82. The molecule has 0 aromatic rings. The summed E-state index contributed by atoms with van der Waals surface area (Å²) in [5.41, 5.74) is 1.29. The molecule has 42 heavy (non-hydrogen) atoms. The van der Waals surface area contributed by atoms with Gasteiger partial charge in [0.1, 0.15) is 12.6 Å². The zero-order valence-electron chi connectivity index (χ0n) is 28.0. The molecule has 1 unspecified atom stereocenters. The van der Waals surface area contributed by atoms with Gasteiger partial charge in [0.2, 0.25) is 5.91 Å². The first-order valence-electron chi connectivity index (χ1n) is 14.3. The predicted octanol–water partition coefficient (Wildman–Crippen LogP) is 6.58. The normalized spacial score (nSPS) is 9.74. The van der Waals surface area contributed by atoms with E-state index < -0.39 is 42.9 Å². The minimum Gasteiger partial charge on any atom is -0.481 e. The lowest BCUT2D eigenvalue weighted by atomic mass is 10.1. The molecule has 0 bridgehead atoms. The van der Waals surface area contributed by atoms with Gasteiger partial charge in [-0.25, -0.2) is 9.59 Å². The Hall–Kier alpha value is -3.89. The highest BCUT2D eigenvalue weighted by molar-refractivity contribution is 5.85. The zero-order chi connectivity index (χ0) is 34.9. The Morgan fingerprint density at radius 1 is 0.810 bits per heavy atom. The van der Waals surface area contributed by atoms with Crippen LogP contribution in [0, 0.1) is 0 Å². The third-order valence-electron chi connectivity index (χ3n) is 3.54. The Balaban J connectivity index is -0.0000000832. The summed E-state index contributed by atoms with van der Waals surface area (Å²) in [7, 11) is 0. The second kappa shape index (κ2) is 50.0. The van der Waals surface area contributed by atoms with Gasteiger partial charge < -0.3 is 31.3 Å². The molecule has 0 heterocycles.